The fraction of sp³-hybridized carbons (Fsp3) is 0.105. The highest BCUT2D eigenvalue weighted by Gasteiger charge is 2.22. The zero-order chi connectivity index (χ0) is 19.4. The average molecular weight is 384 g/mol. The van der Waals surface area contributed by atoms with Crippen LogP contribution < -0.4 is 14.8 Å². The summed E-state index contributed by atoms with van der Waals surface area (Å²) in [4.78, 5) is 23.2. The van der Waals surface area contributed by atoms with Crippen molar-refractivity contribution in [2.75, 3.05) is 7.11 Å². The van der Waals surface area contributed by atoms with E-state index in [0.29, 0.717) is 16.4 Å². The monoisotopic (exact) mass is 384 g/mol. The van der Waals surface area contributed by atoms with E-state index in [1.807, 2.05) is 0 Å². The molecule has 3 rings (SSSR count). The minimum absolute atomic E-state index is 0.0989. The molecule has 0 aromatic heterocycles. The zero-order valence-corrected chi connectivity index (χ0v) is 15.1. The minimum atomic E-state index is -0.992. The molecule has 0 bridgehead atoms. The third-order valence-corrected chi connectivity index (χ3v) is 4.55. The van der Waals surface area contributed by atoms with Crippen LogP contribution in [-0.2, 0) is 11.4 Å². The second-order valence-corrected chi connectivity index (χ2v) is 6.65. The molecule has 7 nitrogen and oxygen atoms in total. The molecule has 1 amide bonds. The second-order valence-electron chi connectivity index (χ2n) is 5.60. The number of carbonyl (C=O) groups is 2. The predicted molar refractivity (Wildman–Crippen MR) is 102 cm³/mol. The summed E-state index contributed by atoms with van der Waals surface area (Å²) in [6, 6.07) is 11.7. The first kappa shape index (κ1) is 18.5. The van der Waals surface area contributed by atoms with Gasteiger partial charge in [0, 0.05) is 0 Å². The summed E-state index contributed by atoms with van der Waals surface area (Å²) in [6.45, 7) is 0.188. The van der Waals surface area contributed by atoms with E-state index in [4.69, 9.17) is 20.0 Å². The second kappa shape index (κ2) is 7.96. The minimum Gasteiger partial charge on any atom is -0.493 e. The fourth-order valence-electron chi connectivity index (χ4n) is 2.44. The van der Waals surface area contributed by atoms with E-state index in [0.717, 1.165) is 22.9 Å². The number of amidine groups is 1. The van der Waals surface area contributed by atoms with Gasteiger partial charge in [-0.2, -0.15) is 0 Å². The normalized spacial score (nSPS) is 14.9. The topological polar surface area (TPSA) is 109 Å². The first-order chi connectivity index (χ1) is 13.0. The molecule has 2 aromatic rings. The Balaban J connectivity index is 1.76. The average Bonchev–Trinajstić information content (AvgIpc) is 2.97. The van der Waals surface area contributed by atoms with Crippen LogP contribution in [0.4, 0.5) is 0 Å². The summed E-state index contributed by atoms with van der Waals surface area (Å²) < 4.78 is 11.1. The quantitative estimate of drug-likeness (QED) is 0.661. The van der Waals surface area contributed by atoms with Crippen molar-refractivity contribution >= 4 is 34.9 Å². The van der Waals surface area contributed by atoms with E-state index < -0.39 is 5.97 Å². The number of carboxylic acid groups (broad SMARTS) is 1. The van der Waals surface area contributed by atoms with Gasteiger partial charge in [0.1, 0.15) is 6.61 Å². The molecule has 0 saturated carbocycles. The van der Waals surface area contributed by atoms with Crippen LogP contribution >= 0.6 is 11.8 Å². The molecular weight excluding hydrogens is 368 g/mol. The van der Waals surface area contributed by atoms with Gasteiger partial charge in [-0.25, -0.2) is 4.79 Å². The molecule has 138 valence electrons. The van der Waals surface area contributed by atoms with Crippen LogP contribution in [-0.4, -0.2) is 29.3 Å². The summed E-state index contributed by atoms with van der Waals surface area (Å²) in [6.07, 6.45) is 1.67. The Hall–Kier alpha value is -3.26. The third-order valence-electron chi connectivity index (χ3n) is 3.72. The predicted octanol–water partition coefficient (Wildman–Crippen LogP) is 3.11. The van der Waals surface area contributed by atoms with Crippen LogP contribution in [0, 0.1) is 5.41 Å². The summed E-state index contributed by atoms with van der Waals surface area (Å²) in [5, 5.41) is 19.0. The maximum atomic E-state index is 11.7. The van der Waals surface area contributed by atoms with E-state index in [-0.39, 0.29) is 23.2 Å². The lowest BCUT2D eigenvalue weighted by molar-refractivity contribution is -0.115. The number of hydrogen-bond acceptors (Lipinski definition) is 6. The molecule has 27 heavy (non-hydrogen) atoms. The van der Waals surface area contributed by atoms with Crippen LogP contribution in [0.25, 0.3) is 6.08 Å². The van der Waals surface area contributed by atoms with Crippen molar-refractivity contribution in [3.63, 3.8) is 0 Å². The Morgan fingerprint density at radius 3 is 2.74 bits per heavy atom. The standard InChI is InChI=1S/C19H16N2O5S/c1-25-15-8-11(9-16-17(22)21-19(20)27-16)5-6-14(15)26-10-12-3-2-4-13(7-12)18(23)24/h2-9H,10H2,1H3,(H,23,24)(H2,20,21,22). The first-order valence-electron chi connectivity index (χ1n) is 7.89. The van der Waals surface area contributed by atoms with Gasteiger partial charge in [-0.1, -0.05) is 18.2 Å². The molecule has 2 aromatic carbocycles. The number of rotatable bonds is 6. The maximum absolute atomic E-state index is 11.7. The van der Waals surface area contributed by atoms with Crippen molar-refractivity contribution in [3.8, 4) is 11.5 Å². The third kappa shape index (κ3) is 4.48. The van der Waals surface area contributed by atoms with Crippen molar-refractivity contribution in [2.45, 2.75) is 6.61 Å². The highest BCUT2D eigenvalue weighted by Crippen LogP contribution is 2.31. The number of thioether (sulfide) groups is 1. The van der Waals surface area contributed by atoms with Crippen molar-refractivity contribution in [1.82, 2.24) is 5.32 Å². The molecule has 0 radical (unpaired) electrons. The first-order valence-corrected chi connectivity index (χ1v) is 8.70. The highest BCUT2D eigenvalue weighted by atomic mass is 32.2. The lowest BCUT2D eigenvalue weighted by atomic mass is 10.1. The number of methoxy groups -OCH3 is 1. The highest BCUT2D eigenvalue weighted by molar-refractivity contribution is 8.18. The molecule has 1 heterocycles. The molecule has 0 atom stereocenters. The van der Waals surface area contributed by atoms with Gasteiger partial charge in [0.2, 0.25) is 0 Å². The van der Waals surface area contributed by atoms with Gasteiger partial charge < -0.3 is 19.9 Å². The zero-order valence-electron chi connectivity index (χ0n) is 14.3. The summed E-state index contributed by atoms with van der Waals surface area (Å²) in [5.74, 6) is -0.315. The van der Waals surface area contributed by atoms with Gasteiger partial charge in [0.15, 0.2) is 16.7 Å². The smallest absolute Gasteiger partial charge is 0.335 e. The van der Waals surface area contributed by atoms with Crippen LogP contribution in [0.2, 0.25) is 0 Å². The number of carbonyl (C=O) groups excluding carboxylic acids is 1. The van der Waals surface area contributed by atoms with Crippen LogP contribution in [0.3, 0.4) is 0 Å². The van der Waals surface area contributed by atoms with Gasteiger partial charge in [-0.3, -0.25) is 10.2 Å². The lowest BCUT2D eigenvalue weighted by Gasteiger charge is -2.12. The Kier molecular flexibility index (Phi) is 5.46. The summed E-state index contributed by atoms with van der Waals surface area (Å²) >= 11 is 1.06. The fourth-order valence-corrected chi connectivity index (χ4v) is 3.14. The number of amides is 1. The van der Waals surface area contributed by atoms with Crippen molar-refractivity contribution in [2.24, 2.45) is 0 Å². The van der Waals surface area contributed by atoms with Crippen LogP contribution in [0.5, 0.6) is 11.5 Å². The SMILES string of the molecule is COc1cc(C=C2SC(=N)NC2=O)ccc1OCc1cccc(C(=O)O)c1. The van der Waals surface area contributed by atoms with Crippen molar-refractivity contribution in [3.05, 3.63) is 64.1 Å². The molecule has 0 unspecified atom stereocenters. The van der Waals surface area contributed by atoms with E-state index in [9.17, 15) is 9.59 Å². The number of nitrogens with one attached hydrogen (secondary N) is 2. The molecule has 1 aliphatic rings. The molecule has 0 spiro atoms. The van der Waals surface area contributed by atoms with Crippen LogP contribution in [0.15, 0.2) is 47.4 Å². The number of benzene rings is 2. The van der Waals surface area contributed by atoms with E-state index >= 15 is 0 Å². The lowest BCUT2D eigenvalue weighted by Crippen LogP contribution is -2.18. The van der Waals surface area contributed by atoms with Gasteiger partial charge in [-0.05, 0) is 53.2 Å². The van der Waals surface area contributed by atoms with Gasteiger partial charge in [-0.15, -0.1) is 0 Å². The molecule has 8 heteroatoms. The molecular formula is C19H16N2O5S. The van der Waals surface area contributed by atoms with E-state index in [1.54, 1.807) is 42.5 Å². The van der Waals surface area contributed by atoms with Gasteiger partial charge >= 0.3 is 5.97 Å². The number of ether oxygens (including phenoxy) is 2. The van der Waals surface area contributed by atoms with Crippen molar-refractivity contribution in [1.29, 1.82) is 5.41 Å². The Morgan fingerprint density at radius 1 is 1.26 bits per heavy atom. The van der Waals surface area contributed by atoms with Gasteiger partial charge in [0.05, 0.1) is 17.6 Å². The molecule has 3 N–H and O–H groups in total. The number of aromatic carboxylic acids is 1. The summed E-state index contributed by atoms with van der Waals surface area (Å²) in [7, 11) is 1.51. The Morgan fingerprint density at radius 2 is 2.07 bits per heavy atom. The molecule has 1 fully saturated rings. The maximum Gasteiger partial charge on any atom is 0.335 e. The van der Waals surface area contributed by atoms with Gasteiger partial charge in [0.25, 0.3) is 5.91 Å². The van der Waals surface area contributed by atoms with Crippen molar-refractivity contribution < 1.29 is 24.2 Å². The Bertz CT molecular complexity index is 955. The molecule has 0 aliphatic carbocycles. The van der Waals surface area contributed by atoms with Crippen LogP contribution in [0.1, 0.15) is 21.5 Å². The van der Waals surface area contributed by atoms with E-state index in [1.165, 1.54) is 13.2 Å². The Labute approximate surface area is 159 Å². The molecule has 1 saturated heterocycles. The largest absolute Gasteiger partial charge is 0.493 e. The van der Waals surface area contributed by atoms with E-state index in [2.05, 4.69) is 5.32 Å². The summed E-state index contributed by atoms with van der Waals surface area (Å²) in [5.41, 5.74) is 1.66. The number of carboxylic acids is 1. The number of hydrogen-bond donors (Lipinski definition) is 3. The molecule has 1 aliphatic heterocycles.